The molecule has 98 valence electrons. The minimum absolute atomic E-state index is 0.243. The average molecular weight is 303 g/mol. The van der Waals surface area contributed by atoms with Crippen LogP contribution >= 0.6 is 23.2 Å². The molecular formula is C14H8Cl2N4. The number of imidazole rings is 1. The summed E-state index contributed by atoms with van der Waals surface area (Å²) in [7, 11) is 0. The van der Waals surface area contributed by atoms with E-state index in [0.717, 1.165) is 5.52 Å². The van der Waals surface area contributed by atoms with Crippen molar-refractivity contribution >= 4 is 34.4 Å². The summed E-state index contributed by atoms with van der Waals surface area (Å²) in [6, 6.07) is 10.8. The van der Waals surface area contributed by atoms with E-state index in [0.29, 0.717) is 27.7 Å². The van der Waals surface area contributed by atoms with Crippen LogP contribution in [-0.2, 0) is 5.88 Å². The number of nitriles is 1. The predicted octanol–water partition coefficient (Wildman–Crippen LogP) is 3.68. The molecule has 2 aromatic heterocycles. The Morgan fingerprint density at radius 1 is 1.30 bits per heavy atom. The lowest BCUT2D eigenvalue weighted by atomic mass is 10.2. The van der Waals surface area contributed by atoms with Crippen LogP contribution in [-0.4, -0.2) is 14.5 Å². The maximum atomic E-state index is 8.89. The molecule has 0 fully saturated rings. The Balaban J connectivity index is 2.31. The molecule has 0 radical (unpaired) electrons. The summed E-state index contributed by atoms with van der Waals surface area (Å²) in [5, 5.41) is 9.35. The van der Waals surface area contributed by atoms with Gasteiger partial charge in [-0.1, -0.05) is 11.6 Å². The van der Waals surface area contributed by atoms with Crippen molar-refractivity contribution in [3.63, 3.8) is 0 Å². The van der Waals surface area contributed by atoms with Gasteiger partial charge in [0.2, 0.25) is 0 Å². The molecule has 0 N–H and O–H groups in total. The van der Waals surface area contributed by atoms with E-state index in [1.807, 2.05) is 16.7 Å². The van der Waals surface area contributed by atoms with Crippen LogP contribution < -0.4 is 0 Å². The van der Waals surface area contributed by atoms with E-state index in [1.54, 1.807) is 24.4 Å². The summed E-state index contributed by atoms with van der Waals surface area (Å²) < 4.78 is 1.81. The van der Waals surface area contributed by atoms with Crippen LogP contribution in [0.5, 0.6) is 0 Å². The third-order valence-corrected chi connectivity index (χ3v) is 3.46. The fourth-order valence-electron chi connectivity index (χ4n) is 2.06. The third-order valence-electron chi connectivity index (χ3n) is 2.92. The molecular weight excluding hydrogens is 295 g/mol. The summed E-state index contributed by atoms with van der Waals surface area (Å²) >= 11 is 12.2. The van der Waals surface area contributed by atoms with Gasteiger partial charge in [0.25, 0.3) is 0 Å². The molecule has 2 heterocycles. The quantitative estimate of drug-likeness (QED) is 0.678. The lowest BCUT2D eigenvalue weighted by Gasteiger charge is -2.09. The molecule has 4 nitrogen and oxygen atoms in total. The second-order valence-electron chi connectivity index (χ2n) is 4.12. The van der Waals surface area contributed by atoms with E-state index >= 15 is 0 Å². The fourth-order valence-corrected chi connectivity index (χ4v) is 2.50. The van der Waals surface area contributed by atoms with Crippen molar-refractivity contribution in [2.24, 2.45) is 0 Å². The first kappa shape index (κ1) is 12.9. The molecule has 3 rings (SSSR count). The van der Waals surface area contributed by atoms with Gasteiger partial charge in [0.1, 0.15) is 11.3 Å². The number of aromatic nitrogens is 3. The summed E-state index contributed by atoms with van der Waals surface area (Å²) in [5.41, 5.74) is 2.66. The lowest BCUT2D eigenvalue weighted by Crippen LogP contribution is -2.01. The molecule has 6 heteroatoms. The minimum atomic E-state index is 0.243. The molecule has 3 aromatic rings. The van der Waals surface area contributed by atoms with Gasteiger partial charge in [-0.3, -0.25) is 4.57 Å². The first-order valence-corrected chi connectivity index (χ1v) is 6.74. The van der Waals surface area contributed by atoms with Crippen molar-refractivity contribution in [3.8, 4) is 11.8 Å². The monoisotopic (exact) mass is 302 g/mol. The molecule has 0 aliphatic carbocycles. The zero-order valence-electron chi connectivity index (χ0n) is 10.2. The maximum absolute atomic E-state index is 8.89. The van der Waals surface area contributed by atoms with Crippen LogP contribution in [0.2, 0.25) is 5.02 Å². The van der Waals surface area contributed by atoms with Crippen LogP contribution in [0.1, 0.15) is 11.4 Å². The summed E-state index contributed by atoms with van der Waals surface area (Å²) in [4.78, 5) is 8.76. The van der Waals surface area contributed by atoms with Crippen molar-refractivity contribution < 1.29 is 0 Å². The Bertz CT molecular complexity index is 833. The summed E-state index contributed by atoms with van der Waals surface area (Å²) in [6.07, 6.45) is 1.69. The first-order valence-electron chi connectivity index (χ1n) is 5.83. The second-order valence-corrected chi connectivity index (χ2v) is 4.80. The summed E-state index contributed by atoms with van der Waals surface area (Å²) in [6.45, 7) is 0. The smallest absolute Gasteiger partial charge is 0.164 e. The number of benzene rings is 1. The Kier molecular flexibility index (Phi) is 3.31. The minimum Gasteiger partial charge on any atom is -0.278 e. The van der Waals surface area contributed by atoms with E-state index in [4.69, 9.17) is 28.5 Å². The van der Waals surface area contributed by atoms with E-state index in [-0.39, 0.29) is 5.88 Å². The van der Waals surface area contributed by atoms with Crippen molar-refractivity contribution in [2.75, 3.05) is 0 Å². The molecule has 20 heavy (non-hydrogen) atoms. The van der Waals surface area contributed by atoms with Crippen LogP contribution in [0, 0.1) is 11.3 Å². The van der Waals surface area contributed by atoms with E-state index in [9.17, 15) is 0 Å². The van der Waals surface area contributed by atoms with Crippen LogP contribution in [0.25, 0.3) is 16.9 Å². The van der Waals surface area contributed by atoms with Gasteiger partial charge in [0.05, 0.1) is 28.2 Å². The van der Waals surface area contributed by atoms with Gasteiger partial charge in [-0.15, -0.1) is 11.6 Å². The molecule has 0 spiro atoms. The van der Waals surface area contributed by atoms with Gasteiger partial charge in [0.15, 0.2) is 5.65 Å². The van der Waals surface area contributed by atoms with Gasteiger partial charge in [-0.05, 0) is 30.3 Å². The van der Waals surface area contributed by atoms with Crippen LogP contribution in [0.15, 0.2) is 36.5 Å². The number of pyridine rings is 1. The Labute approximate surface area is 125 Å². The molecule has 0 bridgehead atoms. The Morgan fingerprint density at radius 2 is 2.15 bits per heavy atom. The van der Waals surface area contributed by atoms with Crippen LogP contribution in [0.4, 0.5) is 0 Å². The molecule has 0 aliphatic rings. The molecule has 1 aromatic carbocycles. The summed E-state index contributed by atoms with van der Waals surface area (Å²) in [5.74, 6) is 0.902. The van der Waals surface area contributed by atoms with Gasteiger partial charge >= 0.3 is 0 Å². The highest BCUT2D eigenvalue weighted by atomic mass is 35.5. The van der Waals surface area contributed by atoms with E-state index in [1.165, 1.54) is 0 Å². The van der Waals surface area contributed by atoms with Crippen LogP contribution in [0.3, 0.4) is 0 Å². The molecule has 0 unspecified atom stereocenters. The molecule has 0 atom stereocenters. The lowest BCUT2D eigenvalue weighted by molar-refractivity contribution is 0.969. The zero-order chi connectivity index (χ0) is 14.1. The molecule has 0 saturated carbocycles. The van der Waals surface area contributed by atoms with E-state index < -0.39 is 0 Å². The normalized spacial score (nSPS) is 10.7. The van der Waals surface area contributed by atoms with Gasteiger partial charge < -0.3 is 0 Å². The second kappa shape index (κ2) is 5.12. The number of hydrogen-bond donors (Lipinski definition) is 0. The number of rotatable bonds is 2. The van der Waals surface area contributed by atoms with Gasteiger partial charge in [-0.2, -0.15) is 5.26 Å². The van der Waals surface area contributed by atoms with E-state index in [2.05, 4.69) is 16.0 Å². The van der Waals surface area contributed by atoms with Gasteiger partial charge in [0, 0.05) is 6.20 Å². The highest BCUT2D eigenvalue weighted by Crippen LogP contribution is 2.27. The topological polar surface area (TPSA) is 54.5 Å². The SMILES string of the molecule is N#Cc1ccc(-n2c(CCl)nc3cccnc32)c(Cl)c1. The Hall–Kier alpha value is -2.09. The fraction of sp³-hybridized carbons (Fsp3) is 0.0714. The highest BCUT2D eigenvalue weighted by Gasteiger charge is 2.15. The number of halogens is 2. The van der Waals surface area contributed by atoms with Crippen molar-refractivity contribution in [1.29, 1.82) is 5.26 Å². The number of nitrogens with zero attached hydrogens (tertiary/aromatic N) is 4. The standard InChI is InChI=1S/C14H8Cl2N4/c15-7-13-19-11-2-1-5-18-14(11)20(13)12-4-3-9(8-17)6-10(12)16/h1-6H,7H2. The van der Waals surface area contributed by atoms with Gasteiger partial charge in [-0.25, -0.2) is 9.97 Å². The largest absolute Gasteiger partial charge is 0.278 e. The Morgan fingerprint density at radius 3 is 2.85 bits per heavy atom. The van der Waals surface area contributed by atoms with Crippen molar-refractivity contribution in [1.82, 2.24) is 14.5 Å². The van der Waals surface area contributed by atoms with Crippen molar-refractivity contribution in [2.45, 2.75) is 5.88 Å². The molecule has 0 aliphatic heterocycles. The zero-order valence-corrected chi connectivity index (χ0v) is 11.7. The average Bonchev–Trinajstić information content (AvgIpc) is 2.85. The number of fused-ring (bicyclic) bond motifs is 1. The van der Waals surface area contributed by atoms with Crippen molar-refractivity contribution in [3.05, 3.63) is 52.9 Å². The number of alkyl halides is 1. The maximum Gasteiger partial charge on any atom is 0.164 e. The third kappa shape index (κ3) is 2.01. The highest BCUT2D eigenvalue weighted by molar-refractivity contribution is 6.32. The predicted molar refractivity (Wildman–Crippen MR) is 78.1 cm³/mol. The first-order chi connectivity index (χ1) is 9.74. The molecule has 0 saturated heterocycles. The number of hydrogen-bond acceptors (Lipinski definition) is 3. The molecule has 0 amide bonds.